The molecule has 1 aromatic rings. The van der Waals surface area contributed by atoms with Crippen LogP contribution >= 0.6 is 11.6 Å². The first-order chi connectivity index (χ1) is 9.47. The van der Waals surface area contributed by atoms with Gasteiger partial charge < -0.3 is 15.0 Å². The van der Waals surface area contributed by atoms with Crippen LogP contribution in [0.3, 0.4) is 0 Å². The predicted octanol–water partition coefficient (Wildman–Crippen LogP) is 1.37. The minimum absolute atomic E-state index is 0.0895. The predicted molar refractivity (Wildman–Crippen MR) is 75.9 cm³/mol. The normalized spacial score (nSPS) is 16.6. The van der Waals surface area contributed by atoms with Gasteiger partial charge in [-0.05, 0) is 37.6 Å². The summed E-state index contributed by atoms with van der Waals surface area (Å²) in [5.41, 5.74) is 0.890. The number of benzene rings is 1. The van der Waals surface area contributed by atoms with E-state index in [1.807, 2.05) is 6.92 Å². The second-order valence-electron chi connectivity index (χ2n) is 4.78. The number of halogens is 1. The number of piperazine rings is 1. The van der Waals surface area contributed by atoms with E-state index in [0.717, 1.165) is 5.56 Å². The maximum atomic E-state index is 12.2. The molecule has 108 valence electrons. The molecule has 1 aliphatic rings. The van der Waals surface area contributed by atoms with E-state index in [-0.39, 0.29) is 18.4 Å². The van der Waals surface area contributed by atoms with Crippen LogP contribution in [0, 0.1) is 6.92 Å². The first kappa shape index (κ1) is 14.7. The zero-order valence-electron chi connectivity index (χ0n) is 11.5. The highest BCUT2D eigenvalue weighted by molar-refractivity contribution is 6.31. The van der Waals surface area contributed by atoms with Gasteiger partial charge in [-0.1, -0.05) is 11.6 Å². The minimum atomic E-state index is -0.638. The second kappa shape index (κ2) is 6.13. The van der Waals surface area contributed by atoms with Gasteiger partial charge in [0.15, 0.2) is 6.10 Å². The number of hydrogen-bond donors (Lipinski definition) is 1. The van der Waals surface area contributed by atoms with Gasteiger partial charge in [0.1, 0.15) is 5.75 Å². The summed E-state index contributed by atoms with van der Waals surface area (Å²) < 4.78 is 5.62. The first-order valence-electron chi connectivity index (χ1n) is 6.45. The molecule has 6 heteroatoms. The van der Waals surface area contributed by atoms with Gasteiger partial charge in [0, 0.05) is 18.1 Å². The molecule has 1 aromatic carbocycles. The van der Waals surface area contributed by atoms with Crippen molar-refractivity contribution in [1.29, 1.82) is 0 Å². The number of nitrogens with zero attached hydrogens (tertiary/aromatic N) is 1. The van der Waals surface area contributed by atoms with E-state index in [9.17, 15) is 9.59 Å². The molecule has 1 fully saturated rings. The molecule has 0 unspecified atom stereocenters. The first-order valence-corrected chi connectivity index (χ1v) is 6.83. The van der Waals surface area contributed by atoms with Crippen LogP contribution in [-0.4, -0.2) is 42.5 Å². The Bertz CT molecular complexity index is 533. The third kappa shape index (κ3) is 3.42. The molecule has 5 nitrogen and oxygen atoms in total. The zero-order valence-corrected chi connectivity index (χ0v) is 12.2. The van der Waals surface area contributed by atoms with Gasteiger partial charge in [0.05, 0.1) is 6.54 Å². The van der Waals surface area contributed by atoms with E-state index in [4.69, 9.17) is 16.3 Å². The van der Waals surface area contributed by atoms with Crippen LogP contribution < -0.4 is 10.1 Å². The SMILES string of the molecule is Cc1cc(O[C@@H](C)C(=O)N2CCNC(=O)C2)ccc1Cl. The van der Waals surface area contributed by atoms with Crippen molar-refractivity contribution in [2.45, 2.75) is 20.0 Å². The average molecular weight is 297 g/mol. The van der Waals surface area contributed by atoms with Crippen LogP contribution in [0.5, 0.6) is 5.75 Å². The van der Waals surface area contributed by atoms with Crippen molar-refractivity contribution in [3.63, 3.8) is 0 Å². The van der Waals surface area contributed by atoms with Crippen LogP contribution in [0.1, 0.15) is 12.5 Å². The third-order valence-corrected chi connectivity index (χ3v) is 3.56. The lowest BCUT2D eigenvalue weighted by molar-refractivity contribution is -0.143. The molecule has 2 rings (SSSR count). The highest BCUT2D eigenvalue weighted by atomic mass is 35.5. The van der Waals surface area contributed by atoms with Gasteiger partial charge in [0.2, 0.25) is 5.91 Å². The van der Waals surface area contributed by atoms with Crippen molar-refractivity contribution < 1.29 is 14.3 Å². The molecule has 0 aliphatic carbocycles. The van der Waals surface area contributed by atoms with Crippen molar-refractivity contribution in [2.75, 3.05) is 19.6 Å². The molecule has 2 amide bonds. The fourth-order valence-electron chi connectivity index (χ4n) is 2.03. The maximum absolute atomic E-state index is 12.2. The highest BCUT2D eigenvalue weighted by Gasteiger charge is 2.26. The minimum Gasteiger partial charge on any atom is -0.481 e. The molecule has 20 heavy (non-hydrogen) atoms. The van der Waals surface area contributed by atoms with E-state index in [1.165, 1.54) is 4.90 Å². The number of carbonyl (C=O) groups is 2. The fourth-order valence-corrected chi connectivity index (χ4v) is 2.15. The molecule has 1 saturated heterocycles. The second-order valence-corrected chi connectivity index (χ2v) is 5.19. The summed E-state index contributed by atoms with van der Waals surface area (Å²) in [6, 6.07) is 5.24. The van der Waals surface area contributed by atoms with E-state index in [2.05, 4.69) is 5.32 Å². The van der Waals surface area contributed by atoms with Gasteiger partial charge in [-0.3, -0.25) is 9.59 Å². The van der Waals surface area contributed by atoms with Gasteiger partial charge in [-0.25, -0.2) is 0 Å². The molecule has 0 aromatic heterocycles. The lowest BCUT2D eigenvalue weighted by Gasteiger charge is -2.29. The Morgan fingerprint density at radius 2 is 2.25 bits per heavy atom. The number of hydrogen-bond acceptors (Lipinski definition) is 3. The van der Waals surface area contributed by atoms with Crippen molar-refractivity contribution >= 4 is 23.4 Å². The van der Waals surface area contributed by atoms with E-state index < -0.39 is 6.10 Å². The molecule has 1 N–H and O–H groups in total. The van der Waals surface area contributed by atoms with E-state index in [0.29, 0.717) is 23.9 Å². The van der Waals surface area contributed by atoms with Gasteiger partial charge in [0.25, 0.3) is 5.91 Å². The smallest absolute Gasteiger partial charge is 0.263 e. The van der Waals surface area contributed by atoms with E-state index in [1.54, 1.807) is 25.1 Å². The van der Waals surface area contributed by atoms with Crippen molar-refractivity contribution in [3.05, 3.63) is 28.8 Å². The Kier molecular flexibility index (Phi) is 4.49. The number of nitrogens with one attached hydrogen (secondary N) is 1. The maximum Gasteiger partial charge on any atom is 0.263 e. The Labute approximate surface area is 122 Å². The highest BCUT2D eigenvalue weighted by Crippen LogP contribution is 2.22. The number of carbonyl (C=O) groups excluding carboxylic acids is 2. The standard InChI is InChI=1S/C14H17ClN2O3/c1-9-7-11(3-4-12(9)15)20-10(2)14(19)17-6-5-16-13(18)8-17/h3-4,7,10H,5-6,8H2,1-2H3,(H,16,18)/t10-/m0/s1. The number of aryl methyl sites for hydroxylation is 1. The zero-order chi connectivity index (χ0) is 14.7. The van der Waals surface area contributed by atoms with Crippen molar-refractivity contribution in [3.8, 4) is 5.75 Å². The summed E-state index contributed by atoms with van der Waals surface area (Å²) in [4.78, 5) is 25.0. The molecular weight excluding hydrogens is 280 g/mol. The van der Waals surface area contributed by atoms with E-state index >= 15 is 0 Å². The molecule has 0 spiro atoms. The summed E-state index contributed by atoms with van der Waals surface area (Å²) in [7, 11) is 0. The van der Waals surface area contributed by atoms with Crippen molar-refractivity contribution in [2.24, 2.45) is 0 Å². The summed E-state index contributed by atoms with van der Waals surface area (Å²) in [5, 5.41) is 3.34. The molecule has 0 saturated carbocycles. The average Bonchev–Trinajstić information content (AvgIpc) is 2.42. The molecular formula is C14H17ClN2O3. The monoisotopic (exact) mass is 296 g/mol. The lowest BCUT2D eigenvalue weighted by atomic mass is 10.2. The number of rotatable bonds is 3. The lowest BCUT2D eigenvalue weighted by Crippen LogP contribution is -2.53. The number of amides is 2. The Balaban J connectivity index is 1.99. The third-order valence-electron chi connectivity index (χ3n) is 3.14. The number of ether oxygens (including phenoxy) is 1. The van der Waals surface area contributed by atoms with Gasteiger partial charge in [-0.15, -0.1) is 0 Å². The summed E-state index contributed by atoms with van der Waals surface area (Å²) in [6.45, 7) is 4.64. The quantitative estimate of drug-likeness (QED) is 0.916. The summed E-state index contributed by atoms with van der Waals surface area (Å²) in [6.07, 6.45) is -0.638. The molecule has 1 heterocycles. The van der Waals surface area contributed by atoms with Gasteiger partial charge >= 0.3 is 0 Å². The van der Waals surface area contributed by atoms with Crippen molar-refractivity contribution in [1.82, 2.24) is 10.2 Å². The van der Waals surface area contributed by atoms with Crippen LogP contribution in [0.4, 0.5) is 0 Å². The Morgan fingerprint density at radius 3 is 2.90 bits per heavy atom. The fraction of sp³-hybridized carbons (Fsp3) is 0.429. The van der Waals surface area contributed by atoms with Crippen LogP contribution in [0.25, 0.3) is 0 Å². The van der Waals surface area contributed by atoms with Crippen LogP contribution in [0.2, 0.25) is 5.02 Å². The molecule has 1 atom stereocenters. The Morgan fingerprint density at radius 1 is 1.50 bits per heavy atom. The topological polar surface area (TPSA) is 58.6 Å². The molecule has 0 bridgehead atoms. The molecule has 0 radical (unpaired) electrons. The summed E-state index contributed by atoms with van der Waals surface area (Å²) in [5.74, 6) is 0.265. The van der Waals surface area contributed by atoms with Gasteiger partial charge in [-0.2, -0.15) is 0 Å². The van der Waals surface area contributed by atoms with Crippen LogP contribution in [-0.2, 0) is 9.59 Å². The van der Waals surface area contributed by atoms with Crippen LogP contribution in [0.15, 0.2) is 18.2 Å². The summed E-state index contributed by atoms with van der Waals surface area (Å²) >= 11 is 5.94. The largest absolute Gasteiger partial charge is 0.481 e. The molecule has 1 aliphatic heterocycles. The Hall–Kier alpha value is -1.75.